The lowest BCUT2D eigenvalue weighted by molar-refractivity contribution is 0.102. The number of nitrogens with zero attached hydrogens (tertiary/aromatic N) is 4. The molecule has 186 valence electrons. The number of hydrogen-bond acceptors (Lipinski definition) is 8. The molecule has 0 radical (unpaired) electrons. The van der Waals surface area contributed by atoms with Gasteiger partial charge in [0, 0.05) is 49.7 Å². The number of guanidine groups is 1. The maximum atomic E-state index is 12.9. The van der Waals surface area contributed by atoms with Crippen molar-refractivity contribution in [2.24, 2.45) is 4.99 Å². The molecule has 1 saturated heterocycles. The average molecular weight is 485 g/mol. The lowest BCUT2D eigenvalue weighted by Crippen LogP contribution is -2.44. The van der Waals surface area contributed by atoms with Gasteiger partial charge in [0.1, 0.15) is 0 Å². The van der Waals surface area contributed by atoms with Crippen molar-refractivity contribution in [3.05, 3.63) is 88.6 Å². The zero-order valence-corrected chi connectivity index (χ0v) is 20.5. The molecule has 0 atom stereocenters. The minimum atomic E-state index is -0.177. The Morgan fingerprint density at radius 1 is 1.03 bits per heavy atom. The number of carbonyl (C=O) groups is 1. The van der Waals surface area contributed by atoms with E-state index >= 15 is 0 Å². The van der Waals surface area contributed by atoms with E-state index in [1.54, 1.807) is 18.2 Å². The van der Waals surface area contributed by atoms with Crippen LogP contribution in [0.1, 0.15) is 21.5 Å². The summed E-state index contributed by atoms with van der Waals surface area (Å²) < 4.78 is 0. The number of hydrazine groups is 1. The highest BCUT2D eigenvalue weighted by Gasteiger charge is 2.16. The van der Waals surface area contributed by atoms with Gasteiger partial charge < -0.3 is 25.9 Å². The third-order valence-corrected chi connectivity index (χ3v) is 6.51. The van der Waals surface area contributed by atoms with E-state index in [0.29, 0.717) is 33.8 Å². The smallest absolute Gasteiger partial charge is 0.255 e. The van der Waals surface area contributed by atoms with E-state index in [9.17, 15) is 10.0 Å². The van der Waals surface area contributed by atoms with Gasteiger partial charge in [-0.2, -0.15) is 0 Å². The number of benzene rings is 3. The highest BCUT2D eigenvalue weighted by molar-refractivity contribution is 6.05. The molecule has 0 spiro atoms. The second-order valence-corrected chi connectivity index (χ2v) is 9.24. The molecular formula is C27H30N7O2-. The summed E-state index contributed by atoms with van der Waals surface area (Å²) in [6.07, 6.45) is 0. The van der Waals surface area contributed by atoms with E-state index in [1.165, 1.54) is 5.56 Å². The average Bonchev–Trinajstić information content (AvgIpc) is 2.88. The van der Waals surface area contributed by atoms with Crippen LogP contribution in [0, 0.1) is 12.1 Å². The van der Waals surface area contributed by atoms with Gasteiger partial charge in [0.15, 0.2) is 0 Å². The Morgan fingerprint density at radius 2 is 1.78 bits per heavy atom. The van der Waals surface area contributed by atoms with Crippen molar-refractivity contribution < 1.29 is 4.79 Å². The number of hydrogen-bond donors (Lipinski definition) is 3. The number of aryl methyl sites for hydroxylation is 1. The SMILES string of the molecule is Cc1ccc(NC(=O)c2ccc(CN3CCN(C)CC3)cc2)cc1NC1=Nc2ccccc2N([O-])N1. The van der Waals surface area contributed by atoms with Gasteiger partial charge in [-0.25, -0.2) is 4.99 Å². The van der Waals surface area contributed by atoms with Crippen molar-refractivity contribution in [1.82, 2.24) is 15.2 Å². The predicted octanol–water partition coefficient (Wildman–Crippen LogP) is 3.92. The van der Waals surface area contributed by atoms with Crippen molar-refractivity contribution >= 4 is 34.6 Å². The third kappa shape index (κ3) is 5.49. The summed E-state index contributed by atoms with van der Waals surface area (Å²) in [5.74, 6) is 0.134. The Morgan fingerprint density at radius 3 is 2.56 bits per heavy atom. The molecule has 9 nitrogen and oxygen atoms in total. The Bertz CT molecular complexity index is 1270. The summed E-state index contributed by atoms with van der Waals surface area (Å²) in [6.45, 7) is 7.12. The Balaban J connectivity index is 1.23. The molecule has 0 bridgehead atoms. The first-order chi connectivity index (χ1) is 17.4. The van der Waals surface area contributed by atoms with Gasteiger partial charge in [-0.15, -0.1) is 0 Å². The maximum Gasteiger partial charge on any atom is 0.255 e. The van der Waals surface area contributed by atoms with E-state index in [0.717, 1.165) is 44.0 Å². The summed E-state index contributed by atoms with van der Waals surface area (Å²) >= 11 is 0. The second kappa shape index (κ2) is 10.4. The summed E-state index contributed by atoms with van der Waals surface area (Å²) in [4.78, 5) is 22.1. The quantitative estimate of drug-likeness (QED) is 0.505. The fourth-order valence-corrected chi connectivity index (χ4v) is 4.28. The number of anilines is 3. The molecule has 3 aromatic rings. The molecule has 36 heavy (non-hydrogen) atoms. The standard InChI is InChI=1S/C27H30N7O2/c1-19-7-12-22(17-24(19)30-27-29-23-5-3-4-6-25(23)34(36)31-27)28-26(35)21-10-8-20(9-11-21)18-33-15-13-32(2)14-16-33/h3-12,17H,13-16,18H2,1-2H3,(H,28,35)(H2,29,30,31)/q-1. The molecule has 0 aromatic heterocycles. The Hall–Kier alpha value is -3.92. The lowest BCUT2D eigenvalue weighted by atomic mass is 10.1. The van der Waals surface area contributed by atoms with Crippen LogP contribution in [0.3, 0.4) is 0 Å². The van der Waals surface area contributed by atoms with Crippen LogP contribution >= 0.6 is 0 Å². The van der Waals surface area contributed by atoms with Crippen molar-refractivity contribution in [3.63, 3.8) is 0 Å². The Kier molecular flexibility index (Phi) is 6.86. The van der Waals surface area contributed by atoms with Gasteiger partial charge in [0.05, 0.1) is 11.4 Å². The van der Waals surface area contributed by atoms with Crippen LogP contribution in [-0.4, -0.2) is 54.9 Å². The fraction of sp³-hybridized carbons (Fsp3) is 0.259. The van der Waals surface area contributed by atoms with Crippen molar-refractivity contribution in [3.8, 4) is 0 Å². The van der Waals surface area contributed by atoms with E-state index in [2.05, 4.69) is 37.9 Å². The number of likely N-dealkylation sites (N-methyl/N-ethyl adjacent to an activating group) is 1. The van der Waals surface area contributed by atoms with Crippen LogP contribution in [0.25, 0.3) is 0 Å². The molecule has 1 amide bonds. The summed E-state index contributed by atoms with van der Waals surface area (Å²) in [5, 5.41) is 19.1. The van der Waals surface area contributed by atoms with Crippen LogP contribution in [-0.2, 0) is 6.54 Å². The zero-order chi connectivity index (χ0) is 25.1. The fourth-order valence-electron chi connectivity index (χ4n) is 4.28. The largest absolute Gasteiger partial charge is 0.739 e. The summed E-state index contributed by atoms with van der Waals surface area (Å²) in [6, 6.07) is 20.5. The predicted molar refractivity (Wildman–Crippen MR) is 144 cm³/mol. The van der Waals surface area contributed by atoms with Crippen LogP contribution in [0.5, 0.6) is 0 Å². The first-order valence-electron chi connectivity index (χ1n) is 12.0. The number of fused-ring (bicyclic) bond motifs is 1. The van der Waals surface area contributed by atoms with Crippen molar-refractivity contribution in [1.29, 1.82) is 0 Å². The van der Waals surface area contributed by atoms with Gasteiger partial charge in [0.2, 0.25) is 5.96 Å². The summed E-state index contributed by atoms with van der Waals surface area (Å²) in [7, 11) is 2.15. The molecule has 9 heteroatoms. The van der Waals surface area contributed by atoms with Gasteiger partial charge >= 0.3 is 0 Å². The van der Waals surface area contributed by atoms with E-state index in [-0.39, 0.29) is 5.91 Å². The monoisotopic (exact) mass is 484 g/mol. The molecule has 5 rings (SSSR count). The summed E-state index contributed by atoms with van der Waals surface area (Å²) in [5.41, 5.74) is 7.85. The van der Waals surface area contributed by atoms with Crippen LogP contribution in [0.4, 0.5) is 22.7 Å². The number of carbonyl (C=O) groups excluding carboxylic acids is 1. The van der Waals surface area contributed by atoms with Crippen molar-refractivity contribution in [2.75, 3.05) is 49.0 Å². The molecule has 1 fully saturated rings. The Labute approximate surface area is 211 Å². The number of piperazine rings is 1. The molecule has 0 unspecified atom stereocenters. The minimum Gasteiger partial charge on any atom is -0.739 e. The topological polar surface area (TPSA) is 98.3 Å². The van der Waals surface area contributed by atoms with Crippen molar-refractivity contribution in [2.45, 2.75) is 13.5 Å². The first-order valence-corrected chi connectivity index (χ1v) is 12.0. The number of amides is 1. The normalized spacial score (nSPS) is 16.1. The molecule has 3 N–H and O–H groups in total. The van der Waals surface area contributed by atoms with E-state index in [4.69, 9.17) is 0 Å². The molecule has 0 saturated carbocycles. The van der Waals surface area contributed by atoms with Gasteiger partial charge in [0.25, 0.3) is 5.91 Å². The highest BCUT2D eigenvalue weighted by Crippen LogP contribution is 2.30. The van der Waals surface area contributed by atoms with Crippen LogP contribution < -0.4 is 21.2 Å². The zero-order valence-electron chi connectivity index (χ0n) is 20.5. The maximum absolute atomic E-state index is 12.9. The van der Waals surface area contributed by atoms with E-state index < -0.39 is 0 Å². The van der Waals surface area contributed by atoms with Gasteiger partial charge in [-0.05, 0) is 61.5 Å². The number of aliphatic imine (C=N–C) groups is 1. The second-order valence-electron chi connectivity index (χ2n) is 9.24. The number of rotatable bonds is 5. The first kappa shape index (κ1) is 23.8. The van der Waals surface area contributed by atoms with Crippen LogP contribution in [0.15, 0.2) is 71.7 Å². The number of para-hydroxylation sites is 2. The molecule has 3 aromatic carbocycles. The molecular weight excluding hydrogens is 454 g/mol. The highest BCUT2D eigenvalue weighted by atomic mass is 16.5. The van der Waals surface area contributed by atoms with E-state index in [1.807, 2.05) is 55.5 Å². The number of nitrogens with one attached hydrogen (secondary N) is 3. The van der Waals surface area contributed by atoms with Gasteiger partial charge in [-0.1, -0.05) is 30.3 Å². The molecule has 2 aliphatic rings. The minimum absolute atomic E-state index is 0.177. The van der Waals surface area contributed by atoms with Gasteiger partial charge in [-0.3, -0.25) is 15.1 Å². The molecule has 0 aliphatic carbocycles. The molecule has 2 aliphatic heterocycles. The molecule has 2 heterocycles. The third-order valence-electron chi connectivity index (χ3n) is 6.51. The van der Waals surface area contributed by atoms with Crippen LogP contribution in [0.2, 0.25) is 0 Å². The lowest BCUT2D eigenvalue weighted by Gasteiger charge is -2.36.